The highest BCUT2D eigenvalue weighted by Crippen LogP contribution is 2.34. The zero-order chi connectivity index (χ0) is 41.9. The Balaban J connectivity index is 0.000000203. The number of nitrogens with two attached hydrogens (primary N) is 1. The van der Waals surface area contributed by atoms with Gasteiger partial charge in [0.05, 0.1) is 13.0 Å². The minimum Gasteiger partial charge on any atom is -0.464 e. The summed E-state index contributed by atoms with van der Waals surface area (Å²) in [5.74, 6) is -2.11. The first-order valence-electron chi connectivity index (χ1n) is 19.2. The summed E-state index contributed by atoms with van der Waals surface area (Å²) in [7, 11) is 0. The van der Waals surface area contributed by atoms with Gasteiger partial charge in [0.15, 0.2) is 11.5 Å². The van der Waals surface area contributed by atoms with Gasteiger partial charge >= 0.3 is 12.0 Å². The van der Waals surface area contributed by atoms with Crippen molar-refractivity contribution in [3.05, 3.63) is 53.6 Å². The maximum Gasteiger partial charge on any atom is 0.328 e. The van der Waals surface area contributed by atoms with E-state index in [0.29, 0.717) is 68.1 Å². The summed E-state index contributed by atoms with van der Waals surface area (Å²) in [4.78, 5) is 91.3. The number of nitrogens with one attached hydrogen (secondary N) is 3. The molecule has 4 atom stereocenters. The summed E-state index contributed by atoms with van der Waals surface area (Å²) < 4.78 is 40.0. The number of halogens is 2. The molecule has 5 N–H and O–H groups in total. The number of benzene rings is 2. The minimum atomic E-state index is -0.813. The van der Waals surface area contributed by atoms with Gasteiger partial charge in [0.1, 0.15) is 42.4 Å². The highest BCUT2D eigenvalue weighted by Gasteiger charge is 2.43. The molecule has 2 aromatic rings. The number of anilines is 1. The van der Waals surface area contributed by atoms with Crippen molar-refractivity contribution >= 4 is 47.2 Å². The van der Waals surface area contributed by atoms with Crippen molar-refractivity contribution in [3.8, 4) is 11.5 Å². The lowest BCUT2D eigenvalue weighted by molar-refractivity contribution is -0.156. The van der Waals surface area contributed by atoms with Crippen LogP contribution in [0.1, 0.15) is 63.9 Å². The van der Waals surface area contributed by atoms with Crippen LogP contribution in [0.15, 0.2) is 36.4 Å². The van der Waals surface area contributed by atoms with E-state index in [1.165, 1.54) is 17.0 Å². The quantitative estimate of drug-likeness (QED) is 0.331. The molecule has 5 aliphatic rings. The van der Waals surface area contributed by atoms with Crippen LogP contribution in [0.3, 0.4) is 0 Å². The molecule has 5 heterocycles. The molecule has 58 heavy (non-hydrogen) atoms. The molecule has 17 nitrogen and oxygen atoms in total. The molecule has 0 saturated carbocycles. The fourth-order valence-electron chi connectivity index (χ4n) is 7.36. The van der Waals surface area contributed by atoms with E-state index < -0.39 is 53.7 Å². The molecule has 7 rings (SSSR count). The topological polar surface area (TPSA) is 219 Å². The molecule has 4 saturated heterocycles. The van der Waals surface area contributed by atoms with Crippen LogP contribution in [0, 0.1) is 18.6 Å². The van der Waals surface area contributed by atoms with Gasteiger partial charge in [-0.1, -0.05) is 0 Å². The van der Waals surface area contributed by atoms with Crippen LogP contribution in [0.2, 0.25) is 0 Å². The Morgan fingerprint density at radius 2 is 1.43 bits per heavy atom. The number of ether oxygens (including phenoxy) is 3. The van der Waals surface area contributed by atoms with Gasteiger partial charge in [-0.25, -0.2) is 18.4 Å². The summed E-state index contributed by atoms with van der Waals surface area (Å²) in [6.07, 6.45) is 4.59. The average molecular weight is 814 g/mol. The van der Waals surface area contributed by atoms with E-state index in [4.69, 9.17) is 19.9 Å². The number of urea groups is 1. The summed E-state index contributed by atoms with van der Waals surface area (Å²) in [6.45, 7) is 4.50. The van der Waals surface area contributed by atoms with Crippen LogP contribution in [0.4, 0.5) is 19.3 Å². The number of esters is 1. The highest BCUT2D eigenvalue weighted by molar-refractivity contribution is 5.96. The Morgan fingerprint density at radius 3 is 2.14 bits per heavy atom. The number of rotatable bonds is 3. The van der Waals surface area contributed by atoms with Gasteiger partial charge in [-0.3, -0.25) is 24.0 Å². The number of piperidine rings is 1. The van der Waals surface area contributed by atoms with Crippen molar-refractivity contribution in [3.63, 3.8) is 0 Å². The molecule has 4 fully saturated rings. The van der Waals surface area contributed by atoms with Crippen molar-refractivity contribution < 1.29 is 56.6 Å². The molecule has 0 aliphatic carbocycles. The Bertz CT molecular complexity index is 1830. The van der Waals surface area contributed by atoms with Crippen LogP contribution < -0.4 is 31.2 Å². The first-order valence-corrected chi connectivity index (χ1v) is 19.2. The summed E-state index contributed by atoms with van der Waals surface area (Å²) in [5.41, 5.74) is 6.03. The maximum atomic E-state index is 13.4. The third-order valence-electron chi connectivity index (χ3n) is 10.1. The smallest absolute Gasteiger partial charge is 0.328 e. The van der Waals surface area contributed by atoms with Gasteiger partial charge < -0.3 is 50.6 Å². The van der Waals surface area contributed by atoms with Gasteiger partial charge in [0.2, 0.25) is 36.3 Å². The molecule has 4 unspecified atom stereocenters. The molecule has 7 amide bonds. The minimum absolute atomic E-state index is 0.00347. The Hall–Kier alpha value is -6.01. The van der Waals surface area contributed by atoms with E-state index in [1.807, 2.05) is 0 Å². The van der Waals surface area contributed by atoms with E-state index in [-0.39, 0.29) is 50.0 Å². The lowest BCUT2D eigenvalue weighted by Crippen LogP contribution is -2.59. The lowest BCUT2D eigenvalue weighted by Gasteiger charge is -2.38. The van der Waals surface area contributed by atoms with Gasteiger partial charge in [-0.2, -0.15) is 0 Å². The molecule has 2 aromatic carbocycles. The van der Waals surface area contributed by atoms with Crippen molar-refractivity contribution in [2.45, 2.75) is 89.4 Å². The van der Waals surface area contributed by atoms with E-state index in [1.54, 1.807) is 41.8 Å². The number of cyclic esters (lactones) is 1. The summed E-state index contributed by atoms with van der Waals surface area (Å²) in [5, 5.41) is 7.61. The van der Waals surface area contributed by atoms with E-state index in [9.17, 15) is 42.3 Å². The van der Waals surface area contributed by atoms with Crippen molar-refractivity contribution in [2.24, 2.45) is 5.73 Å². The second-order valence-electron chi connectivity index (χ2n) is 14.4. The number of amides is 7. The number of carbonyl (C=O) groups is 7. The summed E-state index contributed by atoms with van der Waals surface area (Å²) >= 11 is 0. The zero-order valence-electron chi connectivity index (χ0n) is 32.4. The zero-order valence-corrected chi connectivity index (χ0v) is 32.4. The second-order valence-corrected chi connectivity index (χ2v) is 14.4. The molecule has 19 heteroatoms. The molecule has 0 bridgehead atoms. The standard InChI is InChI=1S/C22H32N4O6.C10H11N3O4.C7H6F2/c1-14-20(29)26-12-5-8-17(26)22(31)32-13-9-18(27)24-11-4-7-16(24)21(30)25-10-3-2-6-15(25)19(28)23-14;11-9(14)4-12-10(15)13-6-1-2-7-8(3-6)17-5-16-7;1-5-2-6(8)4-7(9)3-5/h14-17H,2-13H2,1H3,(H,23,28);1-3H,4-5H2,(H2,11,14)(H2,12,13,15);2-4H,1H3. The SMILES string of the molecule is CC1NC(=O)C2CCCCN2C(=O)C2CCCN2C(=O)CCOC(=O)C2CCCN2C1=O.Cc1cc(F)cc(F)c1.NC(=O)CNC(=O)Nc1ccc2c(c1)OCO2. The number of hydrogen-bond donors (Lipinski definition) is 4. The first kappa shape index (κ1) is 43.1. The van der Waals surface area contributed by atoms with Gasteiger partial charge in [-0.15, -0.1) is 0 Å². The molecule has 5 aliphatic heterocycles. The predicted molar refractivity (Wildman–Crippen MR) is 202 cm³/mol. The monoisotopic (exact) mass is 813 g/mol. The number of hydrogen-bond acceptors (Lipinski definition) is 10. The molecule has 0 aromatic heterocycles. The Labute approximate surface area is 333 Å². The predicted octanol–water partition coefficient (Wildman–Crippen LogP) is 2.10. The normalized spacial score (nSPS) is 23.2. The third kappa shape index (κ3) is 11.3. The number of nitrogens with zero attached hydrogens (tertiary/aromatic N) is 3. The van der Waals surface area contributed by atoms with Crippen LogP contribution >= 0.6 is 0 Å². The number of fused-ring (bicyclic) bond motifs is 4. The van der Waals surface area contributed by atoms with Gasteiger partial charge in [-0.05, 0) is 88.6 Å². The number of aryl methyl sites for hydroxylation is 1. The van der Waals surface area contributed by atoms with Gasteiger partial charge in [0, 0.05) is 37.5 Å². The maximum absolute atomic E-state index is 13.4. The lowest BCUT2D eigenvalue weighted by atomic mass is 9.99. The molecular formula is C39H49F2N7O10. The number of carbonyl (C=O) groups excluding carboxylic acids is 7. The van der Waals surface area contributed by atoms with Crippen LogP contribution in [0.5, 0.6) is 11.5 Å². The van der Waals surface area contributed by atoms with Crippen LogP contribution in [0.25, 0.3) is 0 Å². The van der Waals surface area contributed by atoms with Crippen molar-refractivity contribution in [1.82, 2.24) is 25.3 Å². The first-order chi connectivity index (χ1) is 27.7. The fourth-order valence-corrected chi connectivity index (χ4v) is 7.36. The Kier molecular flexibility index (Phi) is 14.8. The average Bonchev–Trinajstić information content (AvgIpc) is 3.98. The highest BCUT2D eigenvalue weighted by atomic mass is 19.1. The van der Waals surface area contributed by atoms with E-state index in [0.717, 1.165) is 25.3 Å². The molecule has 0 radical (unpaired) electrons. The fraction of sp³-hybridized carbons (Fsp3) is 0.513. The van der Waals surface area contributed by atoms with Crippen LogP contribution in [-0.2, 0) is 33.5 Å². The second kappa shape index (κ2) is 19.9. The van der Waals surface area contributed by atoms with Crippen molar-refractivity contribution in [2.75, 3.05) is 44.9 Å². The van der Waals surface area contributed by atoms with Gasteiger partial charge in [0.25, 0.3) is 0 Å². The molecular weight excluding hydrogens is 764 g/mol. The summed E-state index contributed by atoms with van der Waals surface area (Å²) in [6, 6.07) is 5.13. The molecule has 314 valence electrons. The Morgan fingerprint density at radius 1 is 0.793 bits per heavy atom. The number of primary amides is 1. The molecule has 0 spiro atoms. The largest absolute Gasteiger partial charge is 0.464 e. The third-order valence-corrected chi connectivity index (χ3v) is 10.1. The van der Waals surface area contributed by atoms with E-state index >= 15 is 0 Å². The van der Waals surface area contributed by atoms with Crippen LogP contribution in [-0.4, -0.2) is 120 Å². The van der Waals surface area contributed by atoms with E-state index in [2.05, 4.69) is 16.0 Å². The van der Waals surface area contributed by atoms with Crippen molar-refractivity contribution in [1.29, 1.82) is 0 Å².